The van der Waals surface area contributed by atoms with Crippen LogP contribution in [-0.4, -0.2) is 61.4 Å². The van der Waals surface area contributed by atoms with Crippen LogP contribution in [0.25, 0.3) is 0 Å². The predicted octanol–water partition coefficient (Wildman–Crippen LogP) is 1.15. The summed E-state index contributed by atoms with van der Waals surface area (Å²) in [6.45, 7) is 3.28. The number of benzene rings is 1. The van der Waals surface area contributed by atoms with Crippen molar-refractivity contribution in [2.24, 2.45) is 5.73 Å². The lowest BCUT2D eigenvalue weighted by atomic mass is 10.1. The quantitative estimate of drug-likeness (QED) is 0.646. The molecule has 10 heteroatoms. The zero-order valence-corrected chi connectivity index (χ0v) is 16.7. The van der Waals surface area contributed by atoms with E-state index in [9.17, 15) is 22.8 Å². The van der Waals surface area contributed by atoms with Crippen LogP contribution >= 0.6 is 0 Å². The molecule has 2 rings (SSSR count). The lowest BCUT2D eigenvalue weighted by molar-refractivity contribution is -0.138. The lowest BCUT2D eigenvalue weighted by Crippen LogP contribution is -2.48. The molecule has 0 radical (unpaired) electrons. The number of carbonyl (C=O) groups is 3. The first-order chi connectivity index (χ1) is 13.1. The van der Waals surface area contributed by atoms with Crippen molar-refractivity contribution in [2.75, 3.05) is 23.4 Å². The third kappa shape index (κ3) is 5.69. The molecule has 1 aliphatic rings. The van der Waals surface area contributed by atoms with E-state index in [1.54, 1.807) is 0 Å². The van der Waals surface area contributed by atoms with Crippen LogP contribution in [-0.2, 0) is 19.4 Å². The van der Waals surface area contributed by atoms with Crippen molar-refractivity contribution in [1.29, 1.82) is 0 Å². The fraction of sp³-hybridized carbons (Fsp3) is 0.500. The van der Waals surface area contributed by atoms with E-state index in [1.807, 2.05) is 13.8 Å². The van der Waals surface area contributed by atoms with Crippen LogP contribution in [0.2, 0.25) is 0 Å². The van der Waals surface area contributed by atoms with Crippen molar-refractivity contribution in [3.8, 4) is 0 Å². The number of anilines is 1. The topological polar surface area (TPSA) is 136 Å². The number of hydrogen-bond donors (Lipinski definition) is 2. The lowest BCUT2D eigenvalue weighted by Gasteiger charge is -2.33. The number of hydrogen-bond acceptors (Lipinski definition) is 6. The van der Waals surface area contributed by atoms with Gasteiger partial charge in [-0.1, -0.05) is 6.92 Å². The van der Waals surface area contributed by atoms with Crippen LogP contribution in [0, 0.1) is 0 Å². The molecule has 1 fully saturated rings. The Kier molecular flexibility index (Phi) is 7.00. The van der Waals surface area contributed by atoms with Gasteiger partial charge in [0.15, 0.2) is 16.4 Å². The molecular weight excluding hydrogens is 386 g/mol. The zero-order valence-electron chi connectivity index (χ0n) is 15.9. The molecule has 1 aromatic rings. The minimum absolute atomic E-state index is 0.0589. The first-order valence-corrected chi connectivity index (χ1v) is 10.8. The number of nitrogens with two attached hydrogens (primary N) is 1. The number of primary amides is 1. The maximum atomic E-state index is 12.6. The number of nitrogens with one attached hydrogen (secondary N) is 1. The van der Waals surface area contributed by atoms with Gasteiger partial charge in [-0.25, -0.2) is 18.0 Å². The smallest absolute Gasteiger partial charge is 0.338 e. The Bertz CT molecular complexity index is 837. The minimum atomic E-state index is -3.14. The van der Waals surface area contributed by atoms with Crippen molar-refractivity contribution in [3.63, 3.8) is 0 Å². The molecule has 0 spiro atoms. The SMILES string of the molecule is CC[C@@H](C)N(C(=O)COC(=O)c1ccc(NC(N)=O)cc1)[C@@H]1CCS(=O)(=O)C1. The van der Waals surface area contributed by atoms with Crippen molar-refractivity contribution in [1.82, 2.24) is 4.90 Å². The Morgan fingerprint density at radius 3 is 2.43 bits per heavy atom. The number of esters is 1. The molecule has 1 aliphatic heterocycles. The number of sulfone groups is 1. The van der Waals surface area contributed by atoms with Gasteiger partial charge in [-0.15, -0.1) is 0 Å². The number of carbonyl (C=O) groups excluding carboxylic acids is 3. The van der Waals surface area contributed by atoms with E-state index in [-0.39, 0.29) is 23.1 Å². The fourth-order valence-electron chi connectivity index (χ4n) is 3.12. The third-order valence-corrected chi connectivity index (χ3v) is 6.42. The molecule has 0 aliphatic carbocycles. The van der Waals surface area contributed by atoms with Crippen molar-refractivity contribution in [3.05, 3.63) is 29.8 Å². The van der Waals surface area contributed by atoms with Crippen molar-refractivity contribution in [2.45, 2.75) is 38.8 Å². The van der Waals surface area contributed by atoms with E-state index < -0.39 is 40.4 Å². The highest BCUT2D eigenvalue weighted by Crippen LogP contribution is 2.21. The predicted molar refractivity (Wildman–Crippen MR) is 104 cm³/mol. The maximum Gasteiger partial charge on any atom is 0.338 e. The van der Waals surface area contributed by atoms with E-state index in [2.05, 4.69) is 5.32 Å². The molecule has 1 heterocycles. The van der Waals surface area contributed by atoms with Gasteiger partial charge in [0.1, 0.15) is 0 Å². The first kappa shape index (κ1) is 21.7. The van der Waals surface area contributed by atoms with Gasteiger partial charge in [0, 0.05) is 17.8 Å². The molecule has 28 heavy (non-hydrogen) atoms. The number of amides is 3. The van der Waals surface area contributed by atoms with Crippen LogP contribution in [0.3, 0.4) is 0 Å². The Morgan fingerprint density at radius 1 is 1.29 bits per heavy atom. The molecule has 0 aromatic heterocycles. The number of nitrogens with zero attached hydrogens (tertiary/aromatic N) is 1. The van der Waals surface area contributed by atoms with Gasteiger partial charge >= 0.3 is 12.0 Å². The fourth-order valence-corrected chi connectivity index (χ4v) is 4.83. The summed E-state index contributed by atoms with van der Waals surface area (Å²) in [5.41, 5.74) is 5.65. The van der Waals surface area contributed by atoms with Crippen molar-refractivity contribution < 1.29 is 27.5 Å². The van der Waals surface area contributed by atoms with E-state index in [0.717, 1.165) is 0 Å². The first-order valence-electron chi connectivity index (χ1n) is 8.98. The molecule has 9 nitrogen and oxygen atoms in total. The molecule has 3 N–H and O–H groups in total. The molecule has 3 amide bonds. The largest absolute Gasteiger partial charge is 0.452 e. The van der Waals surface area contributed by atoms with E-state index >= 15 is 0 Å². The van der Waals surface area contributed by atoms with Crippen LogP contribution in [0.5, 0.6) is 0 Å². The van der Waals surface area contributed by atoms with E-state index in [0.29, 0.717) is 18.5 Å². The molecule has 0 bridgehead atoms. The summed E-state index contributed by atoms with van der Waals surface area (Å²) in [4.78, 5) is 37.1. The van der Waals surface area contributed by atoms with Crippen LogP contribution in [0.4, 0.5) is 10.5 Å². The highest BCUT2D eigenvalue weighted by atomic mass is 32.2. The van der Waals surface area contributed by atoms with Gasteiger partial charge in [-0.2, -0.15) is 0 Å². The van der Waals surface area contributed by atoms with Gasteiger partial charge in [0.2, 0.25) is 0 Å². The second-order valence-corrected chi connectivity index (χ2v) is 8.99. The molecule has 1 saturated heterocycles. The minimum Gasteiger partial charge on any atom is -0.452 e. The summed E-state index contributed by atoms with van der Waals surface area (Å²) in [5.74, 6) is -1.12. The standard InChI is InChI=1S/C18H25N3O6S/c1-3-12(2)21(15-8-9-28(25,26)11-15)16(22)10-27-17(23)13-4-6-14(7-5-13)20-18(19)24/h4-7,12,15H,3,8-11H2,1-2H3,(H3,19,20,24)/t12-,15-/m1/s1. The number of rotatable bonds is 7. The summed E-state index contributed by atoms with van der Waals surface area (Å²) in [5, 5.41) is 2.37. The Balaban J connectivity index is 1.99. The van der Waals surface area contributed by atoms with E-state index in [4.69, 9.17) is 10.5 Å². The molecule has 154 valence electrons. The molecule has 2 atom stereocenters. The summed E-state index contributed by atoms with van der Waals surface area (Å²) < 4.78 is 28.6. The van der Waals surface area contributed by atoms with Crippen LogP contribution in [0.15, 0.2) is 24.3 Å². The molecule has 0 unspecified atom stereocenters. The maximum absolute atomic E-state index is 12.6. The van der Waals surface area contributed by atoms with Crippen LogP contribution < -0.4 is 11.1 Å². The number of ether oxygens (including phenoxy) is 1. The average Bonchev–Trinajstić information content (AvgIpc) is 2.99. The monoisotopic (exact) mass is 411 g/mol. The van der Waals surface area contributed by atoms with E-state index in [1.165, 1.54) is 29.2 Å². The normalized spacial score (nSPS) is 18.9. The van der Waals surface area contributed by atoms with Gasteiger partial charge in [-0.05, 0) is 44.0 Å². The Hall–Kier alpha value is -2.62. The Morgan fingerprint density at radius 2 is 1.93 bits per heavy atom. The average molecular weight is 411 g/mol. The van der Waals surface area contributed by atoms with Gasteiger partial charge in [0.25, 0.3) is 5.91 Å². The summed E-state index contributed by atoms with van der Waals surface area (Å²) in [7, 11) is -3.14. The summed E-state index contributed by atoms with van der Waals surface area (Å²) >= 11 is 0. The molecule has 1 aromatic carbocycles. The third-order valence-electron chi connectivity index (χ3n) is 4.67. The molecular formula is C18H25N3O6S. The highest BCUT2D eigenvalue weighted by Gasteiger charge is 2.36. The summed E-state index contributed by atoms with van der Waals surface area (Å²) in [6.07, 6.45) is 1.05. The summed E-state index contributed by atoms with van der Waals surface area (Å²) in [6, 6.07) is 4.56. The zero-order chi connectivity index (χ0) is 20.9. The van der Waals surface area contributed by atoms with Gasteiger partial charge < -0.3 is 20.7 Å². The van der Waals surface area contributed by atoms with Gasteiger partial charge in [-0.3, -0.25) is 4.79 Å². The van der Waals surface area contributed by atoms with Crippen molar-refractivity contribution >= 4 is 33.4 Å². The second kappa shape index (κ2) is 9.05. The van der Waals surface area contributed by atoms with Crippen LogP contribution in [0.1, 0.15) is 37.0 Å². The Labute approximate surface area is 164 Å². The second-order valence-electron chi connectivity index (χ2n) is 6.76. The number of urea groups is 1. The molecule has 0 saturated carbocycles. The highest BCUT2D eigenvalue weighted by molar-refractivity contribution is 7.91. The van der Waals surface area contributed by atoms with Gasteiger partial charge in [0.05, 0.1) is 17.1 Å².